The van der Waals surface area contributed by atoms with E-state index in [2.05, 4.69) is 12.2 Å². The lowest BCUT2D eigenvalue weighted by molar-refractivity contribution is -0.151. The Labute approximate surface area is 96.9 Å². The lowest BCUT2D eigenvalue weighted by Crippen LogP contribution is -2.31. The summed E-state index contributed by atoms with van der Waals surface area (Å²) >= 11 is 0. The van der Waals surface area contributed by atoms with Crippen molar-refractivity contribution in [3.8, 4) is 0 Å². The van der Waals surface area contributed by atoms with Gasteiger partial charge in [0.25, 0.3) is 0 Å². The summed E-state index contributed by atoms with van der Waals surface area (Å²) in [6.45, 7) is 3.96. The van der Waals surface area contributed by atoms with Gasteiger partial charge in [0.2, 0.25) is 0 Å². The van der Waals surface area contributed by atoms with Crippen LogP contribution >= 0.6 is 0 Å². The van der Waals surface area contributed by atoms with E-state index in [1.807, 2.05) is 13.8 Å². The van der Waals surface area contributed by atoms with Gasteiger partial charge in [0, 0.05) is 6.42 Å². The van der Waals surface area contributed by atoms with Gasteiger partial charge in [0.1, 0.15) is 11.7 Å². The molecule has 0 amide bonds. The van der Waals surface area contributed by atoms with Crippen LogP contribution in [0.25, 0.3) is 0 Å². The van der Waals surface area contributed by atoms with E-state index >= 15 is 0 Å². The van der Waals surface area contributed by atoms with Crippen molar-refractivity contribution >= 4 is 11.8 Å². The summed E-state index contributed by atoms with van der Waals surface area (Å²) in [6, 6.07) is 0. The number of esters is 1. The molecule has 0 aromatic carbocycles. The molecule has 90 valence electrons. The topological polar surface area (TPSA) is 43.4 Å². The zero-order valence-corrected chi connectivity index (χ0v) is 10.2. The Morgan fingerprint density at radius 3 is 2.56 bits per heavy atom. The van der Waals surface area contributed by atoms with Crippen LogP contribution in [0.4, 0.5) is 0 Å². The number of ketones is 1. The second kappa shape index (κ2) is 5.83. The monoisotopic (exact) mass is 224 g/mol. The highest BCUT2D eigenvalue weighted by molar-refractivity contribution is 5.99. The fourth-order valence-electron chi connectivity index (χ4n) is 2.14. The minimum Gasteiger partial charge on any atom is -0.468 e. The van der Waals surface area contributed by atoms with Gasteiger partial charge in [-0.25, -0.2) is 0 Å². The van der Waals surface area contributed by atoms with E-state index in [0.29, 0.717) is 12.3 Å². The Balaban J connectivity index is 2.86. The second-order valence-corrected chi connectivity index (χ2v) is 4.70. The van der Waals surface area contributed by atoms with Crippen molar-refractivity contribution in [1.82, 2.24) is 0 Å². The molecule has 1 rings (SSSR count). The summed E-state index contributed by atoms with van der Waals surface area (Å²) in [5.74, 6) is -0.617. The minimum atomic E-state index is -0.588. The van der Waals surface area contributed by atoms with Crippen LogP contribution < -0.4 is 0 Å². The Morgan fingerprint density at radius 2 is 1.94 bits per heavy atom. The van der Waals surface area contributed by atoms with E-state index in [0.717, 1.165) is 12.8 Å². The Hall–Kier alpha value is -1.12. The average Bonchev–Trinajstić information content (AvgIpc) is 2.28. The molecular formula is C13H20O3. The Bertz CT molecular complexity index is 294. The predicted molar refractivity (Wildman–Crippen MR) is 61.8 cm³/mol. The number of carbonyl (C=O) groups excluding carboxylic acids is 2. The smallest absolute Gasteiger partial charge is 0.316 e. The minimum absolute atomic E-state index is 0.0237. The number of Topliss-reactive ketones (excluding diaryl/α,β-unsaturated/α-hetero) is 1. The van der Waals surface area contributed by atoms with Crippen LogP contribution in [0.5, 0.6) is 0 Å². The third kappa shape index (κ3) is 3.19. The van der Waals surface area contributed by atoms with Crippen molar-refractivity contribution in [1.29, 1.82) is 0 Å². The normalized spacial score (nSPS) is 33.4. The van der Waals surface area contributed by atoms with Gasteiger partial charge in [0.05, 0.1) is 7.11 Å². The van der Waals surface area contributed by atoms with Crippen LogP contribution in [-0.2, 0) is 14.3 Å². The van der Waals surface area contributed by atoms with Crippen molar-refractivity contribution in [2.75, 3.05) is 7.11 Å². The lowest BCUT2D eigenvalue weighted by Gasteiger charge is -2.19. The molecule has 0 N–H and O–H groups in total. The van der Waals surface area contributed by atoms with E-state index < -0.39 is 5.92 Å². The molecule has 1 aliphatic carbocycles. The van der Waals surface area contributed by atoms with Gasteiger partial charge in [-0.05, 0) is 24.7 Å². The zero-order valence-electron chi connectivity index (χ0n) is 10.2. The average molecular weight is 224 g/mol. The van der Waals surface area contributed by atoms with Gasteiger partial charge < -0.3 is 4.74 Å². The molecule has 1 unspecified atom stereocenters. The van der Waals surface area contributed by atoms with Crippen molar-refractivity contribution < 1.29 is 14.3 Å². The summed E-state index contributed by atoms with van der Waals surface area (Å²) in [5, 5.41) is 0. The molecule has 16 heavy (non-hydrogen) atoms. The van der Waals surface area contributed by atoms with Crippen molar-refractivity contribution in [2.24, 2.45) is 17.8 Å². The number of hydrogen-bond donors (Lipinski definition) is 0. The van der Waals surface area contributed by atoms with Gasteiger partial charge >= 0.3 is 5.97 Å². The molecule has 0 aromatic rings. The van der Waals surface area contributed by atoms with Crippen LogP contribution in [0, 0.1) is 17.8 Å². The molecule has 1 aliphatic rings. The van der Waals surface area contributed by atoms with Gasteiger partial charge in [-0.1, -0.05) is 26.0 Å². The lowest BCUT2D eigenvalue weighted by atomic mass is 9.85. The molecule has 0 saturated heterocycles. The molecule has 0 radical (unpaired) electrons. The maximum Gasteiger partial charge on any atom is 0.316 e. The number of allylic oxidation sites excluding steroid dienone is 2. The first kappa shape index (κ1) is 12.9. The molecule has 0 aliphatic heterocycles. The third-order valence-corrected chi connectivity index (χ3v) is 3.13. The predicted octanol–water partition coefficient (Wildman–Crippen LogP) is 2.36. The molecule has 0 heterocycles. The molecule has 3 atom stereocenters. The van der Waals surface area contributed by atoms with E-state index in [-0.39, 0.29) is 17.7 Å². The molecule has 0 aromatic heterocycles. The fourth-order valence-corrected chi connectivity index (χ4v) is 2.14. The largest absolute Gasteiger partial charge is 0.468 e. The molecule has 3 nitrogen and oxygen atoms in total. The highest BCUT2D eigenvalue weighted by Gasteiger charge is 2.33. The van der Waals surface area contributed by atoms with Crippen LogP contribution in [0.1, 0.15) is 33.1 Å². The number of hydrogen-bond acceptors (Lipinski definition) is 3. The third-order valence-electron chi connectivity index (χ3n) is 3.13. The van der Waals surface area contributed by atoms with E-state index in [9.17, 15) is 9.59 Å². The Morgan fingerprint density at radius 1 is 1.31 bits per heavy atom. The Kier molecular flexibility index (Phi) is 4.71. The van der Waals surface area contributed by atoms with Gasteiger partial charge in [0.15, 0.2) is 0 Å². The summed E-state index contributed by atoms with van der Waals surface area (Å²) in [7, 11) is 1.34. The first-order valence-electron chi connectivity index (χ1n) is 5.81. The van der Waals surface area contributed by atoms with E-state index in [4.69, 9.17) is 4.74 Å². The van der Waals surface area contributed by atoms with Crippen LogP contribution in [0.2, 0.25) is 0 Å². The maximum atomic E-state index is 12.0. The molecule has 0 fully saturated rings. The fraction of sp³-hybridized carbons (Fsp3) is 0.692. The molecule has 0 saturated carbocycles. The van der Waals surface area contributed by atoms with Gasteiger partial charge in [-0.15, -0.1) is 0 Å². The number of carbonyl (C=O) groups is 2. The molecular weight excluding hydrogens is 204 g/mol. The number of ether oxygens (including phenoxy) is 1. The van der Waals surface area contributed by atoms with Crippen LogP contribution in [-0.4, -0.2) is 18.9 Å². The molecule has 0 bridgehead atoms. The zero-order chi connectivity index (χ0) is 12.1. The first-order chi connectivity index (χ1) is 7.56. The van der Waals surface area contributed by atoms with E-state index in [1.165, 1.54) is 7.11 Å². The first-order valence-corrected chi connectivity index (χ1v) is 5.81. The number of methoxy groups -OCH3 is 1. The van der Waals surface area contributed by atoms with Crippen LogP contribution in [0.3, 0.4) is 0 Å². The highest BCUT2D eigenvalue weighted by Crippen LogP contribution is 2.25. The van der Waals surface area contributed by atoms with Crippen LogP contribution in [0.15, 0.2) is 12.2 Å². The summed E-state index contributed by atoms with van der Waals surface area (Å²) in [4.78, 5) is 23.6. The van der Waals surface area contributed by atoms with Gasteiger partial charge in [-0.2, -0.15) is 0 Å². The quantitative estimate of drug-likeness (QED) is 0.390. The standard InChI is InChI=1S/C13H20O3/c1-9-6-4-5-7-10(2)12(11(14)8-9)13(15)16-3/h4-5,9-10,12H,6-8H2,1-3H3/b5-4+/t9-,10+,12?/m0/s1. The summed E-state index contributed by atoms with van der Waals surface area (Å²) in [5.41, 5.74) is 0. The van der Waals surface area contributed by atoms with Crippen molar-refractivity contribution in [2.45, 2.75) is 33.1 Å². The number of rotatable bonds is 1. The van der Waals surface area contributed by atoms with E-state index in [1.54, 1.807) is 0 Å². The molecule has 3 heteroatoms. The summed E-state index contributed by atoms with van der Waals surface area (Å²) < 4.78 is 4.72. The highest BCUT2D eigenvalue weighted by atomic mass is 16.5. The SMILES string of the molecule is COC(=O)C1C(=O)C[C@@H](C)C/C=C/C[C@H]1C. The van der Waals surface area contributed by atoms with Crippen molar-refractivity contribution in [3.05, 3.63) is 12.2 Å². The molecule has 0 spiro atoms. The van der Waals surface area contributed by atoms with Crippen molar-refractivity contribution in [3.63, 3.8) is 0 Å². The second-order valence-electron chi connectivity index (χ2n) is 4.70. The summed E-state index contributed by atoms with van der Waals surface area (Å²) in [6.07, 6.45) is 6.31. The van der Waals surface area contributed by atoms with Gasteiger partial charge in [-0.3, -0.25) is 9.59 Å². The maximum absolute atomic E-state index is 12.0.